The maximum atomic E-state index is 3.51. The van der Waals surface area contributed by atoms with Crippen molar-refractivity contribution in [1.82, 2.24) is 10.2 Å². The molecule has 0 radical (unpaired) electrons. The lowest BCUT2D eigenvalue weighted by molar-refractivity contribution is 0.394. The molecule has 0 amide bonds. The second-order valence-corrected chi connectivity index (χ2v) is 6.08. The Morgan fingerprint density at radius 2 is 1.79 bits per heavy atom. The second kappa shape index (κ2) is 7.04. The molecule has 2 rings (SSSR count). The van der Waals surface area contributed by atoms with Gasteiger partial charge in [-0.2, -0.15) is 0 Å². The van der Waals surface area contributed by atoms with Crippen molar-refractivity contribution in [2.24, 2.45) is 0 Å². The van der Waals surface area contributed by atoms with Crippen LogP contribution in [0.15, 0.2) is 40.9 Å². The third-order valence-electron chi connectivity index (χ3n) is 3.15. The van der Waals surface area contributed by atoms with Crippen molar-refractivity contribution >= 4 is 26.7 Å². The van der Waals surface area contributed by atoms with Crippen LogP contribution in [-0.4, -0.2) is 32.1 Å². The molecule has 2 nitrogen and oxygen atoms in total. The fourth-order valence-corrected chi connectivity index (χ4v) is 2.51. The van der Waals surface area contributed by atoms with Crippen molar-refractivity contribution in [2.45, 2.75) is 13.0 Å². The molecule has 2 aromatic carbocycles. The Kier molecular flexibility index (Phi) is 5.37. The fourth-order valence-electron chi connectivity index (χ4n) is 2.13. The zero-order chi connectivity index (χ0) is 13.7. The van der Waals surface area contributed by atoms with E-state index >= 15 is 0 Å². The van der Waals surface area contributed by atoms with E-state index in [9.17, 15) is 0 Å². The van der Waals surface area contributed by atoms with Crippen LogP contribution in [0.5, 0.6) is 0 Å². The smallest absolute Gasteiger partial charge is 0.0205 e. The largest absolute Gasteiger partial charge is 0.313 e. The third-order valence-corrected chi connectivity index (χ3v) is 3.65. The van der Waals surface area contributed by atoms with Crippen LogP contribution in [-0.2, 0) is 6.54 Å². The Bertz CT molecular complexity index is 537. The van der Waals surface area contributed by atoms with Gasteiger partial charge in [0.2, 0.25) is 0 Å². The Balaban J connectivity index is 1.89. The monoisotopic (exact) mass is 320 g/mol. The van der Waals surface area contributed by atoms with E-state index in [1.165, 1.54) is 22.8 Å². The summed E-state index contributed by atoms with van der Waals surface area (Å²) in [6.45, 7) is 3.15. The van der Waals surface area contributed by atoms with Gasteiger partial charge in [0.25, 0.3) is 0 Å². The highest BCUT2D eigenvalue weighted by molar-refractivity contribution is 9.10. The third kappa shape index (κ3) is 4.60. The summed E-state index contributed by atoms with van der Waals surface area (Å²) in [6.07, 6.45) is 1.19. The Hall–Kier alpha value is -0.900. The molecule has 0 bridgehead atoms. The lowest BCUT2D eigenvalue weighted by atomic mass is 10.1. The first-order chi connectivity index (χ1) is 9.15. The minimum Gasteiger partial charge on any atom is -0.313 e. The number of hydrogen-bond acceptors (Lipinski definition) is 2. The molecular formula is C16H21BrN2. The summed E-state index contributed by atoms with van der Waals surface area (Å²) in [6, 6.07) is 13.1. The fraction of sp³-hybridized carbons (Fsp3) is 0.375. The molecule has 19 heavy (non-hydrogen) atoms. The average molecular weight is 321 g/mol. The molecule has 0 saturated heterocycles. The van der Waals surface area contributed by atoms with E-state index in [1.807, 2.05) is 0 Å². The van der Waals surface area contributed by atoms with E-state index in [-0.39, 0.29) is 0 Å². The van der Waals surface area contributed by atoms with Gasteiger partial charge in [-0.25, -0.2) is 0 Å². The Morgan fingerprint density at radius 3 is 2.58 bits per heavy atom. The van der Waals surface area contributed by atoms with Gasteiger partial charge in [-0.3, -0.25) is 0 Å². The summed E-state index contributed by atoms with van der Waals surface area (Å²) < 4.78 is 1.13. The van der Waals surface area contributed by atoms with Gasteiger partial charge in [0.1, 0.15) is 0 Å². The molecule has 0 aromatic heterocycles. The number of hydrogen-bond donors (Lipinski definition) is 1. The molecule has 0 heterocycles. The van der Waals surface area contributed by atoms with Crippen molar-refractivity contribution in [2.75, 3.05) is 27.2 Å². The first kappa shape index (κ1) is 14.5. The maximum absolute atomic E-state index is 3.51. The van der Waals surface area contributed by atoms with E-state index in [1.54, 1.807) is 0 Å². The predicted molar refractivity (Wildman–Crippen MR) is 86.5 cm³/mol. The number of nitrogens with zero attached hydrogens (tertiary/aromatic N) is 1. The minimum absolute atomic E-state index is 0.944. The first-order valence-corrected chi connectivity index (χ1v) is 7.48. The topological polar surface area (TPSA) is 15.3 Å². The van der Waals surface area contributed by atoms with E-state index in [4.69, 9.17) is 0 Å². The van der Waals surface area contributed by atoms with E-state index in [2.05, 4.69) is 76.6 Å². The molecule has 0 unspecified atom stereocenters. The van der Waals surface area contributed by atoms with Gasteiger partial charge in [0, 0.05) is 11.0 Å². The summed E-state index contributed by atoms with van der Waals surface area (Å²) in [7, 11) is 4.23. The predicted octanol–water partition coefficient (Wildman–Crippen LogP) is 3.64. The summed E-state index contributed by atoms with van der Waals surface area (Å²) >= 11 is 3.51. The molecule has 0 spiro atoms. The van der Waals surface area contributed by atoms with E-state index in [0.29, 0.717) is 0 Å². The molecule has 0 aliphatic heterocycles. The highest BCUT2D eigenvalue weighted by Gasteiger charge is 1.98. The van der Waals surface area contributed by atoms with E-state index in [0.717, 1.165) is 24.1 Å². The summed E-state index contributed by atoms with van der Waals surface area (Å²) in [5.74, 6) is 0. The van der Waals surface area contributed by atoms with Crippen LogP contribution >= 0.6 is 15.9 Å². The molecular weight excluding hydrogens is 300 g/mol. The zero-order valence-electron chi connectivity index (χ0n) is 11.6. The van der Waals surface area contributed by atoms with Crippen molar-refractivity contribution in [1.29, 1.82) is 0 Å². The lowest BCUT2D eigenvalue weighted by Gasteiger charge is -2.10. The number of rotatable bonds is 6. The van der Waals surface area contributed by atoms with Crippen molar-refractivity contribution in [3.8, 4) is 0 Å². The molecule has 0 fully saturated rings. The number of benzene rings is 2. The quantitative estimate of drug-likeness (QED) is 0.817. The second-order valence-electron chi connectivity index (χ2n) is 5.16. The number of nitrogens with one attached hydrogen (secondary N) is 1. The molecule has 0 aliphatic carbocycles. The number of fused-ring (bicyclic) bond motifs is 1. The van der Waals surface area contributed by atoms with Crippen LogP contribution in [0.3, 0.4) is 0 Å². The van der Waals surface area contributed by atoms with Crippen LogP contribution in [0.1, 0.15) is 12.0 Å². The normalized spacial score (nSPS) is 11.4. The molecule has 2 aromatic rings. The summed E-state index contributed by atoms with van der Waals surface area (Å²) in [5, 5.41) is 6.08. The molecule has 102 valence electrons. The van der Waals surface area contributed by atoms with Crippen molar-refractivity contribution < 1.29 is 0 Å². The Labute approximate surface area is 123 Å². The standard InChI is InChI=1S/C16H21BrN2/c1-19(2)9-3-8-18-12-13-4-5-15-11-16(17)7-6-14(15)10-13/h4-7,10-11,18H,3,8-9,12H2,1-2H3. The summed E-state index contributed by atoms with van der Waals surface area (Å²) in [4.78, 5) is 2.22. The average Bonchev–Trinajstić information content (AvgIpc) is 2.38. The van der Waals surface area contributed by atoms with Gasteiger partial charge in [-0.15, -0.1) is 0 Å². The van der Waals surface area contributed by atoms with Crippen LogP contribution in [0.25, 0.3) is 10.8 Å². The zero-order valence-corrected chi connectivity index (χ0v) is 13.2. The van der Waals surface area contributed by atoms with Gasteiger partial charge in [-0.1, -0.05) is 34.1 Å². The Morgan fingerprint density at radius 1 is 1.05 bits per heavy atom. The van der Waals surface area contributed by atoms with Gasteiger partial charge in [0.15, 0.2) is 0 Å². The van der Waals surface area contributed by atoms with Crippen LogP contribution < -0.4 is 5.32 Å². The van der Waals surface area contributed by atoms with E-state index < -0.39 is 0 Å². The number of halogens is 1. The molecule has 0 atom stereocenters. The summed E-state index contributed by atoms with van der Waals surface area (Å²) in [5.41, 5.74) is 1.35. The molecule has 1 N–H and O–H groups in total. The lowest BCUT2D eigenvalue weighted by Crippen LogP contribution is -2.20. The highest BCUT2D eigenvalue weighted by Crippen LogP contribution is 2.20. The highest BCUT2D eigenvalue weighted by atomic mass is 79.9. The van der Waals surface area contributed by atoms with Crippen molar-refractivity contribution in [3.63, 3.8) is 0 Å². The van der Waals surface area contributed by atoms with Gasteiger partial charge in [-0.05, 0) is 68.1 Å². The molecule has 0 aliphatic rings. The molecule has 0 saturated carbocycles. The van der Waals surface area contributed by atoms with Gasteiger partial charge >= 0.3 is 0 Å². The maximum Gasteiger partial charge on any atom is 0.0205 e. The van der Waals surface area contributed by atoms with Crippen molar-refractivity contribution in [3.05, 3.63) is 46.4 Å². The van der Waals surface area contributed by atoms with Crippen LogP contribution in [0, 0.1) is 0 Å². The molecule has 3 heteroatoms. The van der Waals surface area contributed by atoms with Gasteiger partial charge in [0.05, 0.1) is 0 Å². The van der Waals surface area contributed by atoms with Crippen LogP contribution in [0.4, 0.5) is 0 Å². The van der Waals surface area contributed by atoms with Crippen LogP contribution in [0.2, 0.25) is 0 Å². The SMILES string of the molecule is CN(C)CCCNCc1ccc2cc(Br)ccc2c1. The first-order valence-electron chi connectivity index (χ1n) is 6.69. The van der Waals surface area contributed by atoms with Gasteiger partial charge < -0.3 is 10.2 Å². The minimum atomic E-state index is 0.944.